The molecule has 1 amide bonds. The molecule has 0 N–H and O–H groups in total. The van der Waals surface area contributed by atoms with Crippen molar-refractivity contribution in [2.45, 2.75) is 32.8 Å². The molecule has 170 valence electrons. The summed E-state index contributed by atoms with van der Waals surface area (Å²) in [6, 6.07) is 21.5. The Hall–Kier alpha value is -3.60. The van der Waals surface area contributed by atoms with Crippen LogP contribution in [0, 0.1) is 6.92 Å². The van der Waals surface area contributed by atoms with E-state index in [4.69, 9.17) is 9.47 Å². The number of nitrogens with zero attached hydrogens (tertiary/aromatic N) is 2. The SMILES string of the molecule is COc1cc(C=Nc2ccc(C)cc2)ccc1OCc1ccc(C(=O)N2CCCCC2)cc1. The van der Waals surface area contributed by atoms with Crippen LogP contribution in [-0.4, -0.2) is 37.2 Å². The molecule has 0 aromatic heterocycles. The summed E-state index contributed by atoms with van der Waals surface area (Å²) < 4.78 is 11.5. The molecule has 0 bridgehead atoms. The third kappa shape index (κ3) is 6.01. The van der Waals surface area contributed by atoms with Gasteiger partial charge < -0.3 is 14.4 Å². The number of aryl methyl sites for hydroxylation is 1. The van der Waals surface area contributed by atoms with Crippen LogP contribution in [0.15, 0.2) is 71.7 Å². The van der Waals surface area contributed by atoms with Gasteiger partial charge in [0.1, 0.15) is 6.61 Å². The van der Waals surface area contributed by atoms with Crippen LogP contribution in [0.5, 0.6) is 11.5 Å². The molecule has 1 fully saturated rings. The minimum atomic E-state index is 0.117. The Morgan fingerprint density at radius 1 is 0.939 bits per heavy atom. The van der Waals surface area contributed by atoms with E-state index >= 15 is 0 Å². The van der Waals surface area contributed by atoms with Crippen LogP contribution in [0.3, 0.4) is 0 Å². The zero-order chi connectivity index (χ0) is 23.0. The topological polar surface area (TPSA) is 51.1 Å². The van der Waals surface area contributed by atoms with Crippen LogP contribution < -0.4 is 9.47 Å². The molecular formula is C28H30N2O3. The molecule has 4 rings (SSSR count). The minimum Gasteiger partial charge on any atom is -0.493 e. The lowest BCUT2D eigenvalue weighted by Gasteiger charge is -2.26. The lowest BCUT2D eigenvalue weighted by atomic mass is 10.1. The van der Waals surface area contributed by atoms with Gasteiger partial charge in [0.25, 0.3) is 5.91 Å². The third-order valence-corrected chi connectivity index (χ3v) is 5.82. The van der Waals surface area contributed by atoms with Crippen molar-refractivity contribution < 1.29 is 14.3 Å². The summed E-state index contributed by atoms with van der Waals surface area (Å²) in [6.45, 7) is 4.16. The maximum absolute atomic E-state index is 12.6. The van der Waals surface area contributed by atoms with Crippen molar-refractivity contribution in [2.75, 3.05) is 20.2 Å². The van der Waals surface area contributed by atoms with Gasteiger partial charge in [-0.1, -0.05) is 29.8 Å². The number of hydrogen-bond donors (Lipinski definition) is 0. The number of methoxy groups -OCH3 is 1. The number of amides is 1. The van der Waals surface area contributed by atoms with Gasteiger partial charge in [-0.05, 0) is 79.8 Å². The lowest BCUT2D eigenvalue weighted by molar-refractivity contribution is 0.0724. The maximum Gasteiger partial charge on any atom is 0.253 e. The highest BCUT2D eigenvalue weighted by atomic mass is 16.5. The Morgan fingerprint density at radius 2 is 1.67 bits per heavy atom. The molecular weight excluding hydrogens is 412 g/mol. The summed E-state index contributed by atoms with van der Waals surface area (Å²) in [6.07, 6.45) is 5.21. The molecule has 3 aromatic rings. The molecule has 0 aliphatic carbocycles. The van der Waals surface area contributed by atoms with Crippen molar-refractivity contribution in [1.82, 2.24) is 4.90 Å². The number of aliphatic imine (C=N–C) groups is 1. The largest absolute Gasteiger partial charge is 0.493 e. The first-order valence-corrected chi connectivity index (χ1v) is 11.4. The van der Waals surface area contributed by atoms with Crippen molar-refractivity contribution in [3.05, 3.63) is 89.0 Å². The predicted molar refractivity (Wildman–Crippen MR) is 132 cm³/mol. The van der Waals surface area contributed by atoms with E-state index in [2.05, 4.69) is 11.9 Å². The third-order valence-electron chi connectivity index (χ3n) is 5.82. The number of carbonyl (C=O) groups excluding carboxylic acids is 1. The summed E-state index contributed by atoms with van der Waals surface area (Å²) in [5.41, 5.74) is 4.77. The zero-order valence-electron chi connectivity index (χ0n) is 19.3. The van der Waals surface area contributed by atoms with Crippen molar-refractivity contribution >= 4 is 17.8 Å². The standard InChI is InChI=1S/C28H30N2O3/c1-21-6-13-25(14-7-21)29-19-23-10-15-26(27(18-23)32-2)33-20-22-8-11-24(12-9-22)28(31)30-16-4-3-5-17-30/h6-15,18-19H,3-5,16-17,20H2,1-2H3. The molecule has 0 unspecified atom stereocenters. The van der Waals surface area contributed by atoms with Gasteiger partial charge in [0.2, 0.25) is 0 Å². The van der Waals surface area contributed by atoms with Gasteiger partial charge in [-0.15, -0.1) is 0 Å². The van der Waals surface area contributed by atoms with Crippen LogP contribution >= 0.6 is 0 Å². The molecule has 1 saturated heterocycles. The average molecular weight is 443 g/mol. The van der Waals surface area contributed by atoms with E-state index in [-0.39, 0.29) is 5.91 Å². The van der Waals surface area contributed by atoms with Crippen molar-refractivity contribution in [1.29, 1.82) is 0 Å². The van der Waals surface area contributed by atoms with Crippen LogP contribution in [0.1, 0.15) is 46.3 Å². The summed E-state index contributed by atoms with van der Waals surface area (Å²) >= 11 is 0. The number of rotatable bonds is 7. The molecule has 33 heavy (non-hydrogen) atoms. The van der Waals surface area contributed by atoms with Gasteiger partial charge in [-0.2, -0.15) is 0 Å². The molecule has 1 heterocycles. The number of piperidine rings is 1. The zero-order valence-corrected chi connectivity index (χ0v) is 19.3. The average Bonchev–Trinajstić information content (AvgIpc) is 2.87. The molecule has 1 aliphatic rings. The molecule has 0 saturated carbocycles. The van der Waals surface area contributed by atoms with E-state index in [1.165, 1.54) is 12.0 Å². The van der Waals surface area contributed by atoms with E-state index in [0.29, 0.717) is 18.1 Å². The molecule has 0 spiro atoms. The predicted octanol–water partition coefficient (Wildman–Crippen LogP) is 5.96. The second-order valence-corrected chi connectivity index (χ2v) is 8.34. The number of benzene rings is 3. The van der Waals surface area contributed by atoms with E-state index in [9.17, 15) is 4.79 Å². The maximum atomic E-state index is 12.6. The fourth-order valence-corrected chi connectivity index (χ4v) is 3.85. The number of likely N-dealkylation sites (tertiary alicyclic amines) is 1. The van der Waals surface area contributed by atoms with Crippen molar-refractivity contribution in [3.8, 4) is 11.5 Å². The highest BCUT2D eigenvalue weighted by molar-refractivity contribution is 5.94. The first-order chi connectivity index (χ1) is 16.1. The van der Waals surface area contributed by atoms with Gasteiger partial charge in [0, 0.05) is 24.9 Å². The monoisotopic (exact) mass is 442 g/mol. The van der Waals surface area contributed by atoms with Gasteiger partial charge >= 0.3 is 0 Å². The fraction of sp³-hybridized carbons (Fsp3) is 0.286. The van der Waals surface area contributed by atoms with Crippen LogP contribution in [0.4, 0.5) is 5.69 Å². The number of ether oxygens (including phenoxy) is 2. The van der Waals surface area contributed by atoms with Gasteiger partial charge in [0.05, 0.1) is 12.8 Å². The van der Waals surface area contributed by atoms with Crippen LogP contribution in [0.2, 0.25) is 0 Å². The van der Waals surface area contributed by atoms with Crippen molar-refractivity contribution in [2.24, 2.45) is 4.99 Å². The highest BCUT2D eigenvalue weighted by Gasteiger charge is 2.18. The summed E-state index contributed by atoms with van der Waals surface area (Å²) in [5, 5.41) is 0. The number of carbonyl (C=O) groups is 1. The van der Waals surface area contributed by atoms with Crippen molar-refractivity contribution in [3.63, 3.8) is 0 Å². The molecule has 3 aromatic carbocycles. The first kappa shape index (κ1) is 22.6. The smallest absolute Gasteiger partial charge is 0.253 e. The summed E-state index contributed by atoms with van der Waals surface area (Å²) in [4.78, 5) is 19.1. The molecule has 0 radical (unpaired) electrons. The van der Waals surface area contributed by atoms with Gasteiger partial charge in [-0.3, -0.25) is 9.79 Å². The second kappa shape index (κ2) is 10.8. The normalized spacial score (nSPS) is 13.8. The van der Waals surface area contributed by atoms with Crippen LogP contribution in [0.25, 0.3) is 0 Å². The van der Waals surface area contributed by atoms with Gasteiger partial charge in [0.15, 0.2) is 11.5 Å². The molecule has 1 aliphatic heterocycles. The highest BCUT2D eigenvalue weighted by Crippen LogP contribution is 2.29. The molecule has 5 nitrogen and oxygen atoms in total. The quantitative estimate of drug-likeness (QED) is 0.424. The molecule has 0 atom stereocenters. The fourth-order valence-electron chi connectivity index (χ4n) is 3.85. The van der Waals surface area contributed by atoms with E-state index in [1.807, 2.05) is 77.8 Å². The Labute approximate surface area is 195 Å². The minimum absolute atomic E-state index is 0.117. The Morgan fingerprint density at radius 3 is 2.36 bits per heavy atom. The van der Waals surface area contributed by atoms with Gasteiger partial charge in [-0.25, -0.2) is 0 Å². The molecule has 5 heteroatoms. The summed E-state index contributed by atoms with van der Waals surface area (Å²) in [5.74, 6) is 1.44. The Kier molecular flexibility index (Phi) is 7.40. The first-order valence-electron chi connectivity index (χ1n) is 11.4. The Balaban J connectivity index is 1.37. The van der Waals surface area contributed by atoms with Crippen LogP contribution in [-0.2, 0) is 6.61 Å². The van der Waals surface area contributed by atoms with E-state index < -0.39 is 0 Å². The van der Waals surface area contributed by atoms with E-state index in [1.54, 1.807) is 7.11 Å². The summed E-state index contributed by atoms with van der Waals surface area (Å²) in [7, 11) is 1.63. The van der Waals surface area contributed by atoms with E-state index in [0.717, 1.165) is 48.3 Å². The Bertz CT molecular complexity index is 1100. The number of hydrogen-bond acceptors (Lipinski definition) is 4. The lowest BCUT2D eigenvalue weighted by Crippen LogP contribution is -2.35. The second-order valence-electron chi connectivity index (χ2n) is 8.34.